The maximum Gasteiger partial charge on any atom is 0.225 e. The molecule has 0 aliphatic heterocycles. The normalized spacial score (nSPS) is 31.7. The third-order valence-electron chi connectivity index (χ3n) is 8.53. The van der Waals surface area contributed by atoms with E-state index in [9.17, 15) is 18.0 Å². The summed E-state index contributed by atoms with van der Waals surface area (Å²) in [7, 11) is -1.22. The standard InChI is InChI=1S/C25H43N3O4S/c1-28(22-5-3-2-4-6-22)25(30)19-9-11-20(12-10-19)26-24(29)17-18-7-15-23(16-8-18)33(31,32)27-21-13-14-21/h18-23,27H,2-17H2,1H3,(H,26,29). The largest absolute Gasteiger partial charge is 0.353 e. The lowest BCUT2D eigenvalue weighted by molar-refractivity contribution is -0.138. The first kappa shape index (κ1) is 25.0. The van der Waals surface area contributed by atoms with Gasteiger partial charge >= 0.3 is 0 Å². The summed E-state index contributed by atoms with van der Waals surface area (Å²) < 4.78 is 27.6. The predicted octanol–water partition coefficient (Wildman–Crippen LogP) is 3.48. The highest BCUT2D eigenvalue weighted by molar-refractivity contribution is 7.90. The second-order valence-corrected chi connectivity index (χ2v) is 13.1. The van der Waals surface area contributed by atoms with Gasteiger partial charge in [0, 0.05) is 37.5 Å². The average Bonchev–Trinajstić information content (AvgIpc) is 3.63. The van der Waals surface area contributed by atoms with Crippen molar-refractivity contribution in [1.29, 1.82) is 0 Å². The average molecular weight is 482 g/mol. The second kappa shape index (κ2) is 11.1. The van der Waals surface area contributed by atoms with Crippen LogP contribution < -0.4 is 10.0 Å². The van der Waals surface area contributed by atoms with E-state index < -0.39 is 10.0 Å². The van der Waals surface area contributed by atoms with Gasteiger partial charge in [-0.25, -0.2) is 13.1 Å². The monoisotopic (exact) mass is 481 g/mol. The van der Waals surface area contributed by atoms with Crippen molar-refractivity contribution in [2.45, 2.75) is 126 Å². The summed E-state index contributed by atoms with van der Waals surface area (Å²) in [6.07, 6.45) is 14.8. The summed E-state index contributed by atoms with van der Waals surface area (Å²) in [5.41, 5.74) is 0. The van der Waals surface area contributed by atoms with Gasteiger partial charge in [-0.1, -0.05) is 19.3 Å². The van der Waals surface area contributed by atoms with Crippen molar-refractivity contribution < 1.29 is 18.0 Å². The molecule has 188 valence electrons. The van der Waals surface area contributed by atoms with Crippen LogP contribution in [0.25, 0.3) is 0 Å². The van der Waals surface area contributed by atoms with Gasteiger partial charge in [-0.15, -0.1) is 0 Å². The van der Waals surface area contributed by atoms with Crippen molar-refractivity contribution >= 4 is 21.8 Å². The number of carbonyl (C=O) groups excluding carboxylic acids is 2. The molecule has 0 aromatic heterocycles. The lowest BCUT2D eigenvalue weighted by Gasteiger charge is -2.36. The van der Waals surface area contributed by atoms with E-state index in [0.29, 0.717) is 31.2 Å². The Hall–Kier alpha value is -1.15. The first-order chi connectivity index (χ1) is 15.8. The number of rotatable bonds is 8. The highest BCUT2D eigenvalue weighted by Crippen LogP contribution is 2.33. The topological polar surface area (TPSA) is 95.6 Å². The smallest absolute Gasteiger partial charge is 0.225 e. The minimum Gasteiger partial charge on any atom is -0.353 e. The molecule has 0 spiro atoms. The zero-order valence-electron chi connectivity index (χ0n) is 20.3. The summed E-state index contributed by atoms with van der Waals surface area (Å²) in [5.74, 6) is 0.770. The van der Waals surface area contributed by atoms with E-state index in [-0.39, 0.29) is 35.1 Å². The fraction of sp³-hybridized carbons (Fsp3) is 0.920. The molecule has 0 heterocycles. The van der Waals surface area contributed by atoms with Crippen LogP contribution in [0.1, 0.15) is 103 Å². The number of nitrogens with zero attached hydrogens (tertiary/aromatic N) is 1. The van der Waals surface area contributed by atoms with E-state index in [2.05, 4.69) is 10.0 Å². The lowest BCUT2D eigenvalue weighted by atomic mass is 9.83. The molecule has 0 aromatic rings. The van der Waals surface area contributed by atoms with Crippen LogP contribution in [0, 0.1) is 11.8 Å². The summed E-state index contributed by atoms with van der Waals surface area (Å²) in [6, 6.07) is 0.746. The van der Waals surface area contributed by atoms with Crippen LogP contribution in [-0.2, 0) is 19.6 Å². The zero-order chi connectivity index (χ0) is 23.4. The zero-order valence-corrected chi connectivity index (χ0v) is 21.1. The molecule has 0 saturated heterocycles. The summed E-state index contributed by atoms with van der Waals surface area (Å²) in [5, 5.41) is 2.91. The number of nitrogens with one attached hydrogen (secondary N) is 2. The van der Waals surface area contributed by atoms with Crippen molar-refractivity contribution in [2.75, 3.05) is 7.05 Å². The molecule has 4 aliphatic carbocycles. The Morgan fingerprint density at radius 2 is 1.39 bits per heavy atom. The molecular formula is C25H43N3O4S. The Morgan fingerprint density at radius 1 is 0.788 bits per heavy atom. The fourth-order valence-corrected chi connectivity index (χ4v) is 7.93. The Bertz CT molecular complexity index is 775. The van der Waals surface area contributed by atoms with Gasteiger partial charge in [0.15, 0.2) is 0 Å². The van der Waals surface area contributed by atoms with Gasteiger partial charge in [0.05, 0.1) is 5.25 Å². The van der Waals surface area contributed by atoms with Crippen molar-refractivity contribution in [2.24, 2.45) is 11.8 Å². The van der Waals surface area contributed by atoms with Crippen LogP contribution in [0.2, 0.25) is 0 Å². The molecule has 4 rings (SSSR count). The maximum atomic E-state index is 12.9. The molecule has 7 nitrogen and oxygen atoms in total. The third kappa shape index (κ3) is 6.93. The van der Waals surface area contributed by atoms with Gasteiger partial charge in [-0.3, -0.25) is 9.59 Å². The van der Waals surface area contributed by atoms with Crippen LogP contribution in [0.4, 0.5) is 0 Å². The molecule has 2 amide bonds. The molecule has 4 saturated carbocycles. The van der Waals surface area contributed by atoms with Crippen LogP contribution in [0.15, 0.2) is 0 Å². The maximum absolute atomic E-state index is 12.9. The first-order valence-electron chi connectivity index (χ1n) is 13.4. The quantitative estimate of drug-likeness (QED) is 0.555. The van der Waals surface area contributed by atoms with Gasteiger partial charge in [0.2, 0.25) is 21.8 Å². The fourth-order valence-electron chi connectivity index (χ4n) is 6.15. The first-order valence-corrected chi connectivity index (χ1v) is 14.9. The molecular weight excluding hydrogens is 438 g/mol. The molecule has 0 bridgehead atoms. The number of hydrogen-bond acceptors (Lipinski definition) is 4. The van der Waals surface area contributed by atoms with Gasteiger partial charge in [0.1, 0.15) is 0 Å². The molecule has 0 aromatic carbocycles. The number of sulfonamides is 1. The number of carbonyl (C=O) groups is 2. The Morgan fingerprint density at radius 3 is 2.00 bits per heavy atom. The minimum atomic E-state index is -3.20. The highest BCUT2D eigenvalue weighted by atomic mass is 32.2. The van der Waals surface area contributed by atoms with Crippen molar-refractivity contribution in [3.63, 3.8) is 0 Å². The van der Waals surface area contributed by atoms with Gasteiger partial charge in [-0.05, 0) is 83.0 Å². The second-order valence-electron chi connectivity index (χ2n) is 11.1. The number of hydrogen-bond donors (Lipinski definition) is 2. The molecule has 0 radical (unpaired) electrons. The van der Waals surface area contributed by atoms with Gasteiger partial charge in [0.25, 0.3) is 0 Å². The van der Waals surface area contributed by atoms with E-state index in [4.69, 9.17) is 0 Å². The summed E-state index contributed by atoms with van der Waals surface area (Å²) in [4.78, 5) is 27.6. The van der Waals surface area contributed by atoms with E-state index in [0.717, 1.165) is 64.2 Å². The van der Waals surface area contributed by atoms with Crippen LogP contribution >= 0.6 is 0 Å². The minimum absolute atomic E-state index is 0.0894. The molecule has 0 atom stereocenters. The van der Waals surface area contributed by atoms with E-state index in [1.54, 1.807) is 0 Å². The summed E-state index contributed by atoms with van der Waals surface area (Å²) >= 11 is 0. The Balaban J connectivity index is 1.14. The van der Waals surface area contributed by atoms with Crippen LogP contribution in [0.3, 0.4) is 0 Å². The molecule has 33 heavy (non-hydrogen) atoms. The molecule has 4 aliphatic rings. The predicted molar refractivity (Wildman–Crippen MR) is 129 cm³/mol. The molecule has 4 fully saturated rings. The van der Waals surface area contributed by atoms with Crippen molar-refractivity contribution in [3.8, 4) is 0 Å². The van der Waals surface area contributed by atoms with Gasteiger partial charge < -0.3 is 10.2 Å². The van der Waals surface area contributed by atoms with Crippen molar-refractivity contribution in [3.05, 3.63) is 0 Å². The van der Waals surface area contributed by atoms with E-state index in [1.807, 2.05) is 11.9 Å². The summed E-state index contributed by atoms with van der Waals surface area (Å²) in [6.45, 7) is 0. The van der Waals surface area contributed by atoms with Crippen molar-refractivity contribution in [1.82, 2.24) is 14.9 Å². The molecule has 8 heteroatoms. The van der Waals surface area contributed by atoms with E-state index >= 15 is 0 Å². The van der Waals surface area contributed by atoms with Gasteiger partial charge in [-0.2, -0.15) is 0 Å². The Kier molecular flexibility index (Phi) is 8.37. The molecule has 0 unspecified atom stereocenters. The van der Waals surface area contributed by atoms with Crippen LogP contribution in [0.5, 0.6) is 0 Å². The molecule has 2 N–H and O–H groups in total. The van der Waals surface area contributed by atoms with E-state index in [1.165, 1.54) is 19.3 Å². The highest BCUT2D eigenvalue weighted by Gasteiger charge is 2.36. The SMILES string of the molecule is CN(C(=O)C1CCC(NC(=O)CC2CCC(S(=O)(=O)NC3CC3)CC2)CC1)C1CCCCC1. The number of amides is 2. The lowest BCUT2D eigenvalue weighted by Crippen LogP contribution is -2.45. The Labute approximate surface area is 199 Å². The third-order valence-corrected chi connectivity index (χ3v) is 10.5. The van der Waals surface area contributed by atoms with Crippen LogP contribution in [-0.4, -0.2) is 55.6 Å².